The Labute approximate surface area is 249 Å². The molecule has 0 saturated heterocycles. The number of amides is 2. The number of carbonyl (C=O) groups is 2. The van der Waals surface area contributed by atoms with Crippen LogP contribution >= 0.6 is 11.6 Å². The molecule has 1 aliphatic rings. The maximum absolute atomic E-state index is 13.8. The van der Waals surface area contributed by atoms with Crippen molar-refractivity contribution in [2.75, 3.05) is 6.61 Å². The highest BCUT2D eigenvalue weighted by atomic mass is 35.5. The lowest BCUT2D eigenvalue weighted by Gasteiger charge is -2.27. The average molecular weight is 577 g/mol. The van der Waals surface area contributed by atoms with E-state index >= 15 is 0 Å². The van der Waals surface area contributed by atoms with Gasteiger partial charge in [0, 0.05) is 22.9 Å². The lowest BCUT2D eigenvalue weighted by atomic mass is 9.93. The van der Waals surface area contributed by atoms with Gasteiger partial charge in [0.25, 0.3) is 11.8 Å². The summed E-state index contributed by atoms with van der Waals surface area (Å²) in [5.74, 6) is -0.491. The van der Waals surface area contributed by atoms with E-state index in [9.17, 15) is 14.9 Å². The minimum atomic E-state index is -0.605. The molecule has 4 aromatic rings. The summed E-state index contributed by atoms with van der Waals surface area (Å²) in [5, 5.41) is 15.2. The number of halogens is 1. The fraction of sp³-hybridized carbons (Fsp3) is 0.176. The quantitative estimate of drug-likeness (QED) is 0.120. The van der Waals surface area contributed by atoms with E-state index < -0.39 is 11.8 Å². The summed E-state index contributed by atoms with van der Waals surface area (Å²) < 4.78 is 7.56. The highest BCUT2D eigenvalue weighted by Crippen LogP contribution is 2.35. The molecule has 2 amide bonds. The molecule has 7 nitrogen and oxygen atoms in total. The van der Waals surface area contributed by atoms with Gasteiger partial charge in [-0.15, -0.1) is 0 Å². The number of aromatic nitrogens is 2. The number of ether oxygens (including phenoxy) is 1. The highest BCUT2D eigenvalue weighted by molar-refractivity contribution is 6.32. The lowest BCUT2D eigenvalue weighted by molar-refractivity contribution is -0.141. The maximum Gasteiger partial charge on any atom is 0.271 e. The first-order chi connectivity index (χ1) is 20.4. The Kier molecular flexibility index (Phi) is 8.66. The minimum Gasteiger partial charge on any atom is -0.492 e. The molecule has 2 heterocycles. The monoisotopic (exact) mass is 576 g/mol. The Balaban J connectivity index is 1.61. The third-order valence-corrected chi connectivity index (χ3v) is 7.33. The van der Waals surface area contributed by atoms with Crippen molar-refractivity contribution >= 4 is 29.5 Å². The van der Waals surface area contributed by atoms with Crippen LogP contribution in [0.2, 0.25) is 5.02 Å². The zero-order valence-corrected chi connectivity index (χ0v) is 24.1. The number of nitriles is 1. The van der Waals surface area contributed by atoms with Gasteiger partial charge in [0.15, 0.2) is 0 Å². The van der Waals surface area contributed by atoms with E-state index in [1.165, 1.54) is 0 Å². The van der Waals surface area contributed by atoms with Crippen LogP contribution in [-0.4, -0.2) is 33.1 Å². The van der Waals surface area contributed by atoms with Gasteiger partial charge >= 0.3 is 0 Å². The van der Waals surface area contributed by atoms with E-state index in [0.717, 1.165) is 34.6 Å². The molecule has 0 saturated carbocycles. The summed E-state index contributed by atoms with van der Waals surface area (Å²) in [4.78, 5) is 28.1. The molecule has 5 rings (SSSR count). The molecule has 0 bridgehead atoms. The molecule has 0 aliphatic carbocycles. The van der Waals surface area contributed by atoms with E-state index in [4.69, 9.17) is 21.4 Å². The van der Waals surface area contributed by atoms with E-state index in [-0.39, 0.29) is 17.7 Å². The van der Waals surface area contributed by atoms with Crippen molar-refractivity contribution in [2.24, 2.45) is 0 Å². The molecule has 1 aliphatic heterocycles. The van der Waals surface area contributed by atoms with Crippen LogP contribution in [0.4, 0.5) is 0 Å². The van der Waals surface area contributed by atoms with Crippen molar-refractivity contribution in [3.05, 3.63) is 118 Å². The molecule has 8 heteroatoms. The number of carbonyl (C=O) groups excluding carboxylic acids is 2. The van der Waals surface area contributed by atoms with Gasteiger partial charge in [0.2, 0.25) is 0 Å². The second kappa shape index (κ2) is 12.7. The number of benzene rings is 3. The van der Waals surface area contributed by atoms with Crippen LogP contribution in [0.1, 0.15) is 37.8 Å². The van der Waals surface area contributed by atoms with Gasteiger partial charge in [-0.05, 0) is 60.9 Å². The van der Waals surface area contributed by atoms with Crippen LogP contribution in [0.15, 0.2) is 102 Å². The zero-order chi connectivity index (χ0) is 29.6. The van der Waals surface area contributed by atoms with Crippen molar-refractivity contribution in [1.82, 2.24) is 14.7 Å². The Morgan fingerprint density at radius 1 is 1.00 bits per heavy atom. The Bertz CT molecular complexity index is 1730. The fourth-order valence-corrected chi connectivity index (χ4v) is 4.95. The predicted octanol–water partition coefficient (Wildman–Crippen LogP) is 7.16. The third-order valence-electron chi connectivity index (χ3n) is 7.03. The second-order valence-electron chi connectivity index (χ2n) is 9.91. The normalized spacial score (nSPS) is 14.4. The average Bonchev–Trinajstić information content (AvgIpc) is 3.43. The number of nitrogens with zero attached hydrogens (tertiary/aromatic N) is 4. The van der Waals surface area contributed by atoms with Gasteiger partial charge in [0.1, 0.15) is 23.1 Å². The number of unbranched alkanes of at least 4 members (excludes halogenated alkanes) is 1. The molecule has 0 atom stereocenters. The van der Waals surface area contributed by atoms with Crippen LogP contribution in [0, 0.1) is 11.3 Å². The van der Waals surface area contributed by atoms with Gasteiger partial charge in [-0.25, -0.2) is 4.68 Å². The summed E-state index contributed by atoms with van der Waals surface area (Å²) in [6.45, 7) is 4.35. The molecule has 0 fully saturated rings. The third kappa shape index (κ3) is 5.90. The van der Waals surface area contributed by atoms with Gasteiger partial charge < -0.3 is 4.74 Å². The van der Waals surface area contributed by atoms with Crippen molar-refractivity contribution in [1.29, 1.82) is 5.26 Å². The Hall–Kier alpha value is -4.93. The first-order valence-corrected chi connectivity index (χ1v) is 14.1. The van der Waals surface area contributed by atoms with Crippen molar-refractivity contribution in [3.8, 4) is 28.8 Å². The molecule has 0 radical (unpaired) electrons. The van der Waals surface area contributed by atoms with Gasteiger partial charge in [0.05, 0.1) is 23.9 Å². The zero-order valence-electron chi connectivity index (χ0n) is 23.4. The predicted molar refractivity (Wildman–Crippen MR) is 163 cm³/mol. The van der Waals surface area contributed by atoms with Gasteiger partial charge in [-0.2, -0.15) is 10.4 Å². The molecule has 210 valence electrons. The molecule has 0 unspecified atom stereocenters. The Morgan fingerprint density at radius 2 is 1.71 bits per heavy atom. The smallest absolute Gasteiger partial charge is 0.271 e. The highest BCUT2D eigenvalue weighted by Gasteiger charge is 2.35. The van der Waals surface area contributed by atoms with Crippen LogP contribution in [-0.2, 0) is 16.1 Å². The lowest BCUT2D eigenvalue weighted by Crippen LogP contribution is -2.42. The summed E-state index contributed by atoms with van der Waals surface area (Å²) in [5.41, 5.74) is 4.06. The number of hydrogen-bond donors (Lipinski definition) is 0. The van der Waals surface area contributed by atoms with Gasteiger partial charge in [-0.1, -0.05) is 73.5 Å². The van der Waals surface area contributed by atoms with Crippen molar-refractivity contribution in [3.63, 3.8) is 0 Å². The van der Waals surface area contributed by atoms with Crippen LogP contribution in [0.3, 0.4) is 0 Å². The van der Waals surface area contributed by atoms with Crippen molar-refractivity contribution < 1.29 is 14.3 Å². The van der Waals surface area contributed by atoms with E-state index in [1.807, 2.05) is 85.1 Å². The maximum atomic E-state index is 13.8. The molecular weight excluding hydrogens is 548 g/mol. The van der Waals surface area contributed by atoms with Crippen LogP contribution < -0.4 is 4.74 Å². The summed E-state index contributed by atoms with van der Waals surface area (Å²) >= 11 is 6.61. The molecular formula is C34H29ClN4O3. The Morgan fingerprint density at radius 3 is 2.38 bits per heavy atom. The van der Waals surface area contributed by atoms with E-state index in [1.54, 1.807) is 23.7 Å². The first kappa shape index (κ1) is 28.6. The summed E-state index contributed by atoms with van der Waals surface area (Å²) in [6.07, 6.45) is 5.45. The van der Waals surface area contributed by atoms with E-state index in [2.05, 4.69) is 6.92 Å². The summed E-state index contributed by atoms with van der Waals surface area (Å²) in [7, 11) is 0. The topological polar surface area (TPSA) is 88.2 Å². The van der Waals surface area contributed by atoms with Gasteiger partial charge in [-0.3, -0.25) is 14.5 Å². The molecule has 3 aromatic carbocycles. The number of para-hydroxylation sites is 1. The first-order valence-electron chi connectivity index (χ1n) is 13.7. The second-order valence-corrected chi connectivity index (χ2v) is 10.3. The van der Waals surface area contributed by atoms with E-state index in [0.29, 0.717) is 34.2 Å². The number of imide groups is 1. The number of hydrogen-bond acceptors (Lipinski definition) is 5. The fourth-order valence-electron chi connectivity index (χ4n) is 4.72. The molecule has 0 N–H and O–H groups in total. The molecule has 42 heavy (non-hydrogen) atoms. The SMILES string of the molecule is CCCCOc1ccc(-c2nn(-c3ccccc3)cc2/C=C2/C(=O)N(Cc3ccccc3)C(=O)C(C#N)=C2C)cc1Cl. The molecule has 0 spiro atoms. The largest absolute Gasteiger partial charge is 0.492 e. The number of rotatable bonds is 9. The molecule has 1 aromatic heterocycles. The van der Waals surface area contributed by atoms with Crippen molar-refractivity contribution in [2.45, 2.75) is 33.2 Å². The van der Waals surface area contributed by atoms with Crippen LogP contribution in [0.5, 0.6) is 5.75 Å². The standard InChI is InChI=1S/C34H29ClN4O3/c1-3-4-17-42-31-16-15-25(19-30(31)35)32-26(22-39(37-32)27-13-9-6-10-14-27)18-28-23(2)29(20-36)34(41)38(33(28)40)21-24-11-7-5-8-12-24/h5-16,18-19,22H,3-4,17,21H2,1-2H3/b28-18+. The minimum absolute atomic E-state index is 0.0551. The summed E-state index contributed by atoms with van der Waals surface area (Å²) in [6, 6.07) is 26.3. The van der Waals surface area contributed by atoms with Crippen LogP contribution in [0.25, 0.3) is 23.0 Å².